The molecule has 0 spiro atoms. The van der Waals surface area contributed by atoms with Crippen LogP contribution in [0.4, 0.5) is 0 Å². The first kappa shape index (κ1) is 8.12. The van der Waals surface area contributed by atoms with Crippen LogP contribution in [0.3, 0.4) is 0 Å². The van der Waals surface area contributed by atoms with Crippen molar-refractivity contribution in [2.75, 3.05) is 0 Å². The predicted molar refractivity (Wildman–Crippen MR) is 51.4 cm³/mol. The number of hydrogen-bond donors (Lipinski definition) is 1. The second kappa shape index (κ2) is 3.10. The maximum Gasteiger partial charge on any atom is 0.249 e. The van der Waals surface area contributed by atoms with E-state index in [4.69, 9.17) is 0 Å². The summed E-state index contributed by atoms with van der Waals surface area (Å²) < 4.78 is 0. The molecule has 1 aromatic rings. The molecule has 2 nitrogen and oxygen atoms in total. The number of aromatic nitrogens is 1. The molecule has 1 aliphatic rings. The van der Waals surface area contributed by atoms with Crippen molar-refractivity contribution in [2.24, 2.45) is 5.92 Å². The molecule has 0 amide bonds. The zero-order chi connectivity index (χ0) is 9.26. The second-order valence-electron chi connectivity index (χ2n) is 3.46. The van der Waals surface area contributed by atoms with Crippen molar-refractivity contribution in [1.82, 2.24) is 4.98 Å². The second-order valence-corrected chi connectivity index (χ2v) is 3.46. The minimum atomic E-state index is -0.0694. The lowest BCUT2D eigenvalue weighted by molar-refractivity contribution is 1.13. The summed E-state index contributed by atoms with van der Waals surface area (Å²) in [5.74, 6) is 6.73. The van der Waals surface area contributed by atoms with Gasteiger partial charge < -0.3 is 4.98 Å². The minimum absolute atomic E-state index is 0.0694. The Labute approximate surface area is 77.0 Å². The fourth-order valence-corrected chi connectivity index (χ4v) is 1.17. The van der Waals surface area contributed by atoms with Crippen LogP contribution < -0.4 is 5.56 Å². The molecule has 1 saturated carbocycles. The first-order chi connectivity index (χ1) is 6.24. The molecule has 13 heavy (non-hydrogen) atoms. The van der Waals surface area contributed by atoms with Crippen molar-refractivity contribution in [3.8, 4) is 11.8 Å². The van der Waals surface area contributed by atoms with Crippen LogP contribution in [0.5, 0.6) is 0 Å². The summed E-state index contributed by atoms with van der Waals surface area (Å²) in [5, 5.41) is 0. The molecule has 1 fully saturated rings. The lowest BCUT2D eigenvalue weighted by atomic mass is 10.2. The molecule has 0 unspecified atom stereocenters. The van der Waals surface area contributed by atoms with Crippen LogP contribution in [0.1, 0.15) is 24.1 Å². The van der Waals surface area contributed by atoms with Gasteiger partial charge in [0.25, 0.3) is 0 Å². The largest absolute Gasteiger partial charge is 0.326 e. The molecular weight excluding hydrogens is 162 g/mol. The SMILES string of the molecule is Cc1cc(C#CC2CC2)cc(=O)[nH]1. The maximum atomic E-state index is 11.0. The molecule has 0 radical (unpaired) electrons. The van der Waals surface area contributed by atoms with Crippen LogP contribution in [0.15, 0.2) is 16.9 Å². The average molecular weight is 173 g/mol. The fraction of sp³-hybridized carbons (Fsp3) is 0.364. The molecule has 1 aliphatic carbocycles. The molecule has 1 aromatic heterocycles. The maximum absolute atomic E-state index is 11.0. The third kappa shape index (κ3) is 2.22. The minimum Gasteiger partial charge on any atom is -0.326 e. The Bertz CT molecular complexity index is 429. The van der Waals surface area contributed by atoms with Gasteiger partial charge in [-0.1, -0.05) is 11.8 Å². The first-order valence-corrected chi connectivity index (χ1v) is 4.46. The Morgan fingerprint density at radius 1 is 1.46 bits per heavy atom. The van der Waals surface area contributed by atoms with E-state index in [0.717, 1.165) is 11.3 Å². The molecule has 0 aliphatic heterocycles. The number of rotatable bonds is 0. The van der Waals surface area contributed by atoms with Gasteiger partial charge in [0.15, 0.2) is 0 Å². The summed E-state index contributed by atoms with van der Waals surface area (Å²) in [6, 6.07) is 3.44. The summed E-state index contributed by atoms with van der Waals surface area (Å²) in [7, 11) is 0. The standard InChI is InChI=1S/C11H11NO/c1-8-6-10(7-11(13)12-8)5-4-9-2-3-9/h6-7,9H,2-3H2,1H3,(H,12,13). The van der Waals surface area contributed by atoms with Crippen molar-refractivity contribution in [3.05, 3.63) is 33.7 Å². The number of hydrogen-bond acceptors (Lipinski definition) is 1. The third-order valence-electron chi connectivity index (χ3n) is 1.98. The lowest BCUT2D eigenvalue weighted by Gasteiger charge is -1.92. The molecule has 2 rings (SSSR count). The molecule has 1 N–H and O–H groups in total. The quantitative estimate of drug-likeness (QED) is 0.592. The van der Waals surface area contributed by atoms with Crippen LogP contribution in [0, 0.1) is 24.7 Å². The number of H-pyrrole nitrogens is 1. The highest BCUT2D eigenvalue weighted by molar-refractivity contribution is 5.35. The lowest BCUT2D eigenvalue weighted by Crippen LogP contribution is -2.05. The molecule has 0 aromatic carbocycles. The van der Waals surface area contributed by atoms with E-state index in [1.165, 1.54) is 12.8 Å². The van der Waals surface area contributed by atoms with Gasteiger partial charge >= 0.3 is 0 Å². The summed E-state index contributed by atoms with van der Waals surface area (Å²) in [5.41, 5.74) is 1.63. The van der Waals surface area contributed by atoms with E-state index in [9.17, 15) is 4.79 Å². The smallest absolute Gasteiger partial charge is 0.249 e. The number of aromatic amines is 1. The molecular formula is C11H11NO. The van der Waals surface area contributed by atoms with Gasteiger partial charge in [-0.15, -0.1) is 0 Å². The van der Waals surface area contributed by atoms with E-state index in [0.29, 0.717) is 5.92 Å². The zero-order valence-electron chi connectivity index (χ0n) is 7.55. The molecule has 1 heterocycles. The van der Waals surface area contributed by atoms with Gasteiger partial charge in [0, 0.05) is 23.2 Å². The van der Waals surface area contributed by atoms with Crippen LogP contribution in [-0.2, 0) is 0 Å². The Hall–Kier alpha value is -1.49. The highest BCUT2D eigenvalue weighted by Crippen LogP contribution is 2.27. The molecule has 0 atom stereocenters. The van der Waals surface area contributed by atoms with Gasteiger partial charge in [0.05, 0.1) is 0 Å². The van der Waals surface area contributed by atoms with E-state index in [1.807, 2.05) is 13.0 Å². The highest BCUT2D eigenvalue weighted by atomic mass is 16.1. The van der Waals surface area contributed by atoms with E-state index in [2.05, 4.69) is 16.8 Å². The Morgan fingerprint density at radius 3 is 2.85 bits per heavy atom. The van der Waals surface area contributed by atoms with Gasteiger partial charge in [-0.2, -0.15) is 0 Å². The van der Waals surface area contributed by atoms with Crippen molar-refractivity contribution >= 4 is 0 Å². The average Bonchev–Trinajstić information content (AvgIpc) is 2.81. The predicted octanol–water partition coefficient (Wildman–Crippen LogP) is 1.44. The molecule has 2 heteroatoms. The normalized spacial score (nSPS) is 14.8. The summed E-state index contributed by atoms with van der Waals surface area (Å²) in [6.07, 6.45) is 2.43. The number of aryl methyl sites for hydroxylation is 1. The Morgan fingerprint density at radius 2 is 2.23 bits per heavy atom. The van der Waals surface area contributed by atoms with Gasteiger partial charge in [-0.3, -0.25) is 4.79 Å². The van der Waals surface area contributed by atoms with E-state index < -0.39 is 0 Å². The Balaban J connectivity index is 2.30. The summed E-state index contributed by atoms with van der Waals surface area (Å²) >= 11 is 0. The Kier molecular flexibility index (Phi) is 1.94. The van der Waals surface area contributed by atoms with E-state index in [1.54, 1.807) is 6.07 Å². The van der Waals surface area contributed by atoms with E-state index >= 15 is 0 Å². The van der Waals surface area contributed by atoms with Crippen molar-refractivity contribution in [2.45, 2.75) is 19.8 Å². The summed E-state index contributed by atoms with van der Waals surface area (Å²) in [6.45, 7) is 1.86. The number of nitrogens with one attached hydrogen (secondary N) is 1. The highest BCUT2D eigenvalue weighted by Gasteiger charge is 2.17. The number of pyridine rings is 1. The van der Waals surface area contributed by atoms with Gasteiger partial charge in [0.2, 0.25) is 5.56 Å². The molecule has 0 bridgehead atoms. The van der Waals surface area contributed by atoms with E-state index in [-0.39, 0.29) is 5.56 Å². The van der Waals surface area contributed by atoms with Crippen molar-refractivity contribution < 1.29 is 0 Å². The van der Waals surface area contributed by atoms with Crippen molar-refractivity contribution in [1.29, 1.82) is 0 Å². The zero-order valence-corrected chi connectivity index (χ0v) is 7.55. The van der Waals surface area contributed by atoms with Crippen LogP contribution in [-0.4, -0.2) is 4.98 Å². The van der Waals surface area contributed by atoms with Crippen LogP contribution >= 0.6 is 0 Å². The van der Waals surface area contributed by atoms with Crippen molar-refractivity contribution in [3.63, 3.8) is 0 Å². The van der Waals surface area contributed by atoms with Gasteiger partial charge in [-0.25, -0.2) is 0 Å². The van der Waals surface area contributed by atoms with Gasteiger partial charge in [0.1, 0.15) is 0 Å². The van der Waals surface area contributed by atoms with Gasteiger partial charge in [-0.05, 0) is 25.8 Å². The van der Waals surface area contributed by atoms with Crippen LogP contribution in [0.25, 0.3) is 0 Å². The third-order valence-corrected chi connectivity index (χ3v) is 1.98. The fourth-order valence-electron chi connectivity index (χ4n) is 1.17. The molecule has 0 saturated heterocycles. The summed E-state index contributed by atoms with van der Waals surface area (Å²) in [4.78, 5) is 13.7. The van der Waals surface area contributed by atoms with Crippen LogP contribution in [0.2, 0.25) is 0 Å². The molecule has 66 valence electrons. The first-order valence-electron chi connectivity index (χ1n) is 4.46. The monoisotopic (exact) mass is 173 g/mol. The topological polar surface area (TPSA) is 32.9 Å².